The van der Waals surface area contributed by atoms with E-state index in [2.05, 4.69) is 10.6 Å². The molecule has 0 aliphatic carbocycles. The molecule has 0 radical (unpaired) electrons. The summed E-state index contributed by atoms with van der Waals surface area (Å²) in [5, 5.41) is 6.11. The number of nitrogens with one attached hydrogen (secondary N) is 2. The summed E-state index contributed by atoms with van der Waals surface area (Å²) in [5.74, 6) is -0.0209. The highest BCUT2D eigenvalue weighted by Crippen LogP contribution is 2.11. The maximum atomic E-state index is 12.0. The highest BCUT2D eigenvalue weighted by atomic mass is 16.2. The fraction of sp³-hybridized carbons (Fsp3) is 0.462. The normalized spacial score (nSPS) is 11.6. The van der Waals surface area contributed by atoms with E-state index in [0.29, 0.717) is 0 Å². The zero-order chi connectivity index (χ0) is 12.2. The third-order valence-electron chi connectivity index (χ3n) is 2.25. The van der Waals surface area contributed by atoms with Crippen LogP contribution in [0.25, 0.3) is 0 Å². The van der Waals surface area contributed by atoms with Gasteiger partial charge in [0, 0.05) is 11.7 Å². The number of para-hydroxylation sites is 1. The molecule has 0 spiro atoms. The maximum absolute atomic E-state index is 12.0. The Hall–Kier alpha value is -1.35. The van der Waals surface area contributed by atoms with Gasteiger partial charge in [-0.15, -0.1) is 0 Å². The van der Waals surface area contributed by atoms with Gasteiger partial charge in [0.05, 0.1) is 5.54 Å². The molecule has 88 valence electrons. The second kappa shape index (κ2) is 5.12. The Balaban J connectivity index is 2.65. The van der Waals surface area contributed by atoms with E-state index in [9.17, 15) is 4.79 Å². The van der Waals surface area contributed by atoms with Crippen LogP contribution in [0.15, 0.2) is 30.3 Å². The molecule has 0 saturated carbocycles. The third kappa shape index (κ3) is 3.66. The lowest BCUT2D eigenvalue weighted by molar-refractivity contribution is -0.121. The Morgan fingerprint density at radius 1 is 1.19 bits per heavy atom. The van der Waals surface area contributed by atoms with Crippen molar-refractivity contribution in [1.29, 1.82) is 0 Å². The van der Waals surface area contributed by atoms with Crippen LogP contribution in [-0.2, 0) is 4.79 Å². The fourth-order valence-electron chi connectivity index (χ4n) is 1.60. The minimum absolute atomic E-state index is 0.0209. The smallest absolute Gasteiger partial charge is 0.244 e. The van der Waals surface area contributed by atoms with E-state index in [1.807, 2.05) is 58.0 Å². The van der Waals surface area contributed by atoms with Gasteiger partial charge in [0.25, 0.3) is 0 Å². The molecular weight excluding hydrogens is 200 g/mol. The first-order valence-electron chi connectivity index (χ1n) is 5.56. The summed E-state index contributed by atoms with van der Waals surface area (Å²) in [6.07, 6.45) is 0. The van der Waals surface area contributed by atoms with Crippen LogP contribution >= 0.6 is 0 Å². The number of hydrogen-bond donors (Lipinski definition) is 2. The lowest BCUT2D eigenvalue weighted by Crippen LogP contribution is -2.52. The zero-order valence-electron chi connectivity index (χ0n) is 10.4. The molecule has 0 atom stereocenters. The van der Waals surface area contributed by atoms with E-state index < -0.39 is 5.54 Å². The van der Waals surface area contributed by atoms with Gasteiger partial charge >= 0.3 is 0 Å². The number of rotatable bonds is 4. The van der Waals surface area contributed by atoms with Crippen molar-refractivity contribution in [3.05, 3.63) is 30.3 Å². The van der Waals surface area contributed by atoms with Crippen molar-refractivity contribution in [2.45, 2.75) is 39.3 Å². The van der Waals surface area contributed by atoms with Gasteiger partial charge in [-0.25, -0.2) is 0 Å². The number of carbonyl (C=O) groups is 1. The number of anilines is 1. The minimum Gasteiger partial charge on any atom is -0.325 e. The first-order chi connectivity index (χ1) is 7.42. The topological polar surface area (TPSA) is 41.1 Å². The summed E-state index contributed by atoms with van der Waals surface area (Å²) in [5.41, 5.74) is 0.260. The van der Waals surface area contributed by atoms with Crippen molar-refractivity contribution in [2.75, 3.05) is 5.32 Å². The van der Waals surface area contributed by atoms with Crippen molar-refractivity contribution < 1.29 is 4.79 Å². The molecule has 16 heavy (non-hydrogen) atoms. The molecule has 2 N–H and O–H groups in total. The average molecular weight is 220 g/mol. The molecule has 1 aromatic carbocycles. The van der Waals surface area contributed by atoms with Crippen LogP contribution in [0.4, 0.5) is 5.69 Å². The van der Waals surface area contributed by atoms with Crippen LogP contribution in [0.5, 0.6) is 0 Å². The SMILES string of the molecule is CC(C)NC(C)(C)C(=O)Nc1ccccc1. The van der Waals surface area contributed by atoms with E-state index in [1.165, 1.54) is 0 Å². The summed E-state index contributed by atoms with van der Waals surface area (Å²) >= 11 is 0. The minimum atomic E-state index is -0.565. The Morgan fingerprint density at radius 2 is 1.75 bits per heavy atom. The van der Waals surface area contributed by atoms with E-state index in [0.717, 1.165) is 5.69 Å². The van der Waals surface area contributed by atoms with Crippen LogP contribution in [0.3, 0.4) is 0 Å². The van der Waals surface area contributed by atoms with E-state index in [4.69, 9.17) is 0 Å². The molecule has 0 aromatic heterocycles. The predicted octanol–water partition coefficient (Wildman–Crippen LogP) is 2.40. The van der Waals surface area contributed by atoms with E-state index >= 15 is 0 Å². The Morgan fingerprint density at radius 3 is 2.25 bits per heavy atom. The molecule has 0 fully saturated rings. The lowest BCUT2D eigenvalue weighted by Gasteiger charge is -2.27. The second-order valence-electron chi connectivity index (χ2n) is 4.74. The van der Waals surface area contributed by atoms with Crippen LogP contribution in [-0.4, -0.2) is 17.5 Å². The van der Waals surface area contributed by atoms with Crippen LogP contribution in [0.2, 0.25) is 0 Å². The molecular formula is C13H20N2O. The molecule has 1 rings (SSSR count). The number of amides is 1. The van der Waals surface area contributed by atoms with Crippen molar-refractivity contribution >= 4 is 11.6 Å². The molecule has 0 aliphatic rings. The molecule has 0 saturated heterocycles. The van der Waals surface area contributed by atoms with E-state index in [1.54, 1.807) is 0 Å². The number of benzene rings is 1. The lowest BCUT2D eigenvalue weighted by atomic mass is 10.0. The van der Waals surface area contributed by atoms with E-state index in [-0.39, 0.29) is 11.9 Å². The van der Waals surface area contributed by atoms with Gasteiger partial charge in [0.2, 0.25) is 5.91 Å². The molecule has 1 aromatic rings. The summed E-state index contributed by atoms with van der Waals surface area (Å²) in [6.45, 7) is 7.81. The van der Waals surface area contributed by atoms with Crippen molar-refractivity contribution in [1.82, 2.24) is 5.32 Å². The monoisotopic (exact) mass is 220 g/mol. The van der Waals surface area contributed by atoms with Gasteiger partial charge in [0.15, 0.2) is 0 Å². The molecule has 0 heterocycles. The molecule has 0 unspecified atom stereocenters. The summed E-state index contributed by atoms with van der Waals surface area (Å²) < 4.78 is 0. The summed E-state index contributed by atoms with van der Waals surface area (Å²) in [4.78, 5) is 12.0. The average Bonchev–Trinajstić information content (AvgIpc) is 2.17. The number of carbonyl (C=O) groups excluding carboxylic acids is 1. The second-order valence-corrected chi connectivity index (χ2v) is 4.74. The largest absolute Gasteiger partial charge is 0.325 e. The van der Waals surface area contributed by atoms with Gasteiger partial charge in [-0.2, -0.15) is 0 Å². The van der Waals surface area contributed by atoms with Gasteiger partial charge in [-0.05, 0) is 39.8 Å². The summed E-state index contributed by atoms with van der Waals surface area (Å²) in [7, 11) is 0. The van der Waals surface area contributed by atoms with Gasteiger partial charge in [0.1, 0.15) is 0 Å². The van der Waals surface area contributed by atoms with Crippen molar-refractivity contribution in [3.8, 4) is 0 Å². The molecule has 3 nitrogen and oxygen atoms in total. The Bertz CT molecular complexity index is 344. The van der Waals surface area contributed by atoms with Crippen molar-refractivity contribution in [2.24, 2.45) is 0 Å². The third-order valence-corrected chi connectivity index (χ3v) is 2.25. The first-order valence-corrected chi connectivity index (χ1v) is 5.56. The molecule has 1 amide bonds. The predicted molar refractivity (Wildman–Crippen MR) is 67.4 cm³/mol. The van der Waals surface area contributed by atoms with Crippen LogP contribution in [0, 0.1) is 0 Å². The molecule has 0 aliphatic heterocycles. The Labute approximate surface area is 97.2 Å². The van der Waals surface area contributed by atoms with Crippen molar-refractivity contribution in [3.63, 3.8) is 0 Å². The maximum Gasteiger partial charge on any atom is 0.244 e. The molecule has 3 heteroatoms. The highest BCUT2D eigenvalue weighted by Gasteiger charge is 2.27. The quantitative estimate of drug-likeness (QED) is 0.818. The highest BCUT2D eigenvalue weighted by molar-refractivity contribution is 5.97. The van der Waals surface area contributed by atoms with Gasteiger partial charge < -0.3 is 10.6 Å². The zero-order valence-corrected chi connectivity index (χ0v) is 10.4. The van der Waals surface area contributed by atoms with Gasteiger partial charge in [-0.1, -0.05) is 18.2 Å². The standard InChI is InChI=1S/C13H20N2O/c1-10(2)15-13(3,4)12(16)14-11-8-6-5-7-9-11/h5-10,15H,1-4H3,(H,14,16). The number of hydrogen-bond acceptors (Lipinski definition) is 2. The Kier molecular flexibility index (Phi) is 4.07. The summed E-state index contributed by atoms with van der Waals surface area (Å²) in [6, 6.07) is 9.76. The first kappa shape index (κ1) is 12.7. The van der Waals surface area contributed by atoms with Crippen LogP contribution in [0.1, 0.15) is 27.7 Å². The fourth-order valence-corrected chi connectivity index (χ4v) is 1.60. The molecule has 0 bridgehead atoms. The van der Waals surface area contributed by atoms with Gasteiger partial charge in [-0.3, -0.25) is 4.79 Å². The van der Waals surface area contributed by atoms with Crippen LogP contribution < -0.4 is 10.6 Å².